The zero-order valence-corrected chi connectivity index (χ0v) is 7.05. The SMILES string of the molecule is CN1C=CN(C)C1.N#CS. The molecule has 0 unspecified atom stereocenters. The molecule has 0 saturated carbocycles. The summed E-state index contributed by atoms with van der Waals surface area (Å²) in [5.74, 6) is 0. The van der Waals surface area contributed by atoms with Gasteiger partial charge in [0.15, 0.2) is 0 Å². The van der Waals surface area contributed by atoms with Crippen molar-refractivity contribution in [2.75, 3.05) is 20.8 Å². The van der Waals surface area contributed by atoms with Crippen LogP contribution in [0.3, 0.4) is 0 Å². The van der Waals surface area contributed by atoms with Crippen LogP contribution in [-0.4, -0.2) is 30.6 Å². The molecule has 1 aliphatic heterocycles. The van der Waals surface area contributed by atoms with Gasteiger partial charge in [0.05, 0.1) is 6.67 Å². The molecule has 0 amide bonds. The van der Waals surface area contributed by atoms with Crippen molar-refractivity contribution in [3.8, 4) is 5.40 Å². The Bertz CT molecular complexity index is 140. The molecule has 0 radical (unpaired) electrons. The molecular formula is C6H11N3S. The standard InChI is InChI=1S/C5H10N2.CHNS/c1-6-3-4-7(2)5-6;2-1-3/h3-4H,5H2,1-2H3;3H. The predicted octanol–water partition coefficient (Wildman–Crippen LogP) is 0.690. The first kappa shape index (κ1) is 9.18. The Morgan fingerprint density at radius 2 is 1.70 bits per heavy atom. The van der Waals surface area contributed by atoms with E-state index in [1.165, 1.54) is 5.40 Å². The van der Waals surface area contributed by atoms with Crippen LogP contribution < -0.4 is 0 Å². The fourth-order valence-electron chi connectivity index (χ4n) is 0.674. The van der Waals surface area contributed by atoms with Crippen molar-refractivity contribution >= 4 is 12.6 Å². The normalized spacial score (nSPS) is 14.2. The molecule has 56 valence electrons. The van der Waals surface area contributed by atoms with E-state index in [4.69, 9.17) is 5.26 Å². The van der Waals surface area contributed by atoms with E-state index < -0.39 is 0 Å². The zero-order valence-electron chi connectivity index (χ0n) is 6.15. The third-order valence-electron chi connectivity index (χ3n) is 1.02. The van der Waals surface area contributed by atoms with Gasteiger partial charge < -0.3 is 9.80 Å². The summed E-state index contributed by atoms with van der Waals surface area (Å²) in [6, 6.07) is 0. The molecule has 10 heavy (non-hydrogen) atoms. The highest BCUT2D eigenvalue weighted by atomic mass is 32.1. The second-order valence-corrected chi connectivity index (χ2v) is 2.25. The number of nitriles is 1. The van der Waals surface area contributed by atoms with Crippen LogP contribution in [0.4, 0.5) is 0 Å². The van der Waals surface area contributed by atoms with Crippen LogP contribution in [0.2, 0.25) is 0 Å². The molecule has 0 bridgehead atoms. The monoisotopic (exact) mass is 157 g/mol. The first-order chi connectivity index (χ1) is 4.70. The Morgan fingerprint density at radius 1 is 1.40 bits per heavy atom. The topological polar surface area (TPSA) is 30.3 Å². The maximum absolute atomic E-state index is 7.18. The molecule has 4 heteroatoms. The lowest BCUT2D eigenvalue weighted by molar-refractivity contribution is 0.340. The number of thiol groups is 1. The number of hydrogen-bond acceptors (Lipinski definition) is 4. The van der Waals surface area contributed by atoms with E-state index in [0.717, 1.165) is 6.67 Å². The quantitative estimate of drug-likeness (QED) is 0.414. The molecule has 0 spiro atoms. The summed E-state index contributed by atoms with van der Waals surface area (Å²) in [5.41, 5.74) is 0. The Balaban J connectivity index is 0.000000236. The molecule has 0 aromatic carbocycles. The Labute approximate surface area is 66.9 Å². The van der Waals surface area contributed by atoms with Crippen LogP contribution in [0.1, 0.15) is 0 Å². The van der Waals surface area contributed by atoms with Crippen LogP contribution in [0, 0.1) is 10.7 Å². The van der Waals surface area contributed by atoms with Crippen molar-refractivity contribution in [1.82, 2.24) is 9.80 Å². The molecule has 1 rings (SSSR count). The van der Waals surface area contributed by atoms with Crippen molar-refractivity contribution in [3.63, 3.8) is 0 Å². The van der Waals surface area contributed by atoms with Crippen molar-refractivity contribution < 1.29 is 0 Å². The minimum atomic E-state index is 1.03. The summed E-state index contributed by atoms with van der Waals surface area (Å²) in [5, 5.41) is 8.63. The van der Waals surface area contributed by atoms with E-state index in [9.17, 15) is 0 Å². The summed E-state index contributed by atoms with van der Waals surface area (Å²) in [4.78, 5) is 4.25. The van der Waals surface area contributed by atoms with Gasteiger partial charge in [-0.05, 0) is 0 Å². The number of nitrogens with zero attached hydrogens (tertiary/aromatic N) is 3. The van der Waals surface area contributed by atoms with E-state index in [2.05, 4.69) is 48.9 Å². The van der Waals surface area contributed by atoms with Gasteiger partial charge in [0, 0.05) is 26.5 Å². The van der Waals surface area contributed by atoms with Gasteiger partial charge in [-0.15, -0.1) is 0 Å². The van der Waals surface area contributed by atoms with Gasteiger partial charge in [0.2, 0.25) is 0 Å². The van der Waals surface area contributed by atoms with E-state index in [-0.39, 0.29) is 0 Å². The maximum Gasteiger partial charge on any atom is 0.130 e. The first-order valence-corrected chi connectivity index (χ1v) is 3.27. The lowest BCUT2D eigenvalue weighted by Gasteiger charge is -2.10. The summed E-state index contributed by atoms with van der Waals surface area (Å²) in [7, 11) is 4.11. The second-order valence-electron chi connectivity index (χ2n) is 2.05. The van der Waals surface area contributed by atoms with Gasteiger partial charge in [-0.2, -0.15) is 5.26 Å². The minimum Gasteiger partial charge on any atom is -0.362 e. The van der Waals surface area contributed by atoms with Crippen LogP contribution >= 0.6 is 12.6 Å². The lowest BCUT2D eigenvalue weighted by Crippen LogP contribution is -2.17. The smallest absolute Gasteiger partial charge is 0.130 e. The number of thiocyanates is 1. The van der Waals surface area contributed by atoms with Crippen LogP contribution in [-0.2, 0) is 0 Å². The molecule has 0 saturated heterocycles. The summed E-state index contributed by atoms with van der Waals surface area (Å²) < 4.78 is 0. The molecule has 0 aromatic rings. The molecule has 1 heterocycles. The summed E-state index contributed by atoms with van der Waals surface area (Å²) >= 11 is 3.09. The van der Waals surface area contributed by atoms with E-state index in [1.807, 2.05) is 0 Å². The van der Waals surface area contributed by atoms with Gasteiger partial charge in [0.1, 0.15) is 5.40 Å². The Hall–Kier alpha value is -0.820. The molecular weight excluding hydrogens is 146 g/mol. The number of hydrogen-bond donors (Lipinski definition) is 1. The van der Waals surface area contributed by atoms with Gasteiger partial charge in [0.25, 0.3) is 0 Å². The lowest BCUT2D eigenvalue weighted by atomic mass is 10.9. The third kappa shape index (κ3) is 4.10. The summed E-state index contributed by atoms with van der Waals surface area (Å²) in [6.07, 6.45) is 4.11. The largest absolute Gasteiger partial charge is 0.362 e. The first-order valence-electron chi connectivity index (χ1n) is 2.82. The highest BCUT2D eigenvalue weighted by Gasteiger charge is 1.99. The van der Waals surface area contributed by atoms with E-state index in [1.54, 1.807) is 0 Å². The van der Waals surface area contributed by atoms with Crippen molar-refractivity contribution in [2.45, 2.75) is 0 Å². The van der Waals surface area contributed by atoms with Gasteiger partial charge in [-0.25, -0.2) is 0 Å². The average molecular weight is 157 g/mol. The van der Waals surface area contributed by atoms with Crippen molar-refractivity contribution in [1.29, 1.82) is 5.26 Å². The molecule has 0 fully saturated rings. The molecule has 0 atom stereocenters. The van der Waals surface area contributed by atoms with Gasteiger partial charge >= 0.3 is 0 Å². The number of rotatable bonds is 0. The predicted molar refractivity (Wildman–Crippen MR) is 44.1 cm³/mol. The average Bonchev–Trinajstić information content (AvgIpc) is 2.17. The van der Waals surface area contributed by atoms with Crippen LogP contribution in [0.15, 0.2) is 12.4 Å². The van der Waals surface area contributed by atoms with E-state index >= 15 is 0 Å². The molecule has 0 aliphatic carbocycles. The fraction of sp³-hybridized carbons (Fsp3) is 0.500. The molecule has 0 aromatic heterocycles. The minimum absolute atomic E-state index is 1.03. The van der Waals surface area contributed by atoms with Crippen LogP contribution in [0.5, 0.6) is 0 Å². The van der Waals surface area contributed by atoms with Crippen molar-refractivity contribution in [2.24, 2.45) is 0 Å². The highest BCUT2D eigenvalue weighted by molar-refractivity contribution is 7.85. The Kier molecular flexibility index (Phi) is 4.59. The fourth-order valence-corrected chi connectivity index (χ4v) is 0.674. The molecule has 1 aliphatic rings. The maximum atomic E-state index is 7.18. The van der Waals surface area contributed by atoms with Crippen molar-refractivity contribution in [3.05, 3.63) is 12.4 Å². The van der Waals surface area contributed by atoms with Gasteiger partial charge in [-0.3, -0.25) is 0 Å². The molecule has 0 N–H and O–H groups in total. The Morgan fingerprint density at radius 3 is 1.80 bits per heavy atom. The third-order valence-corrected chi connectivity index (χ3v) is 1.02. The highest BCUT2D eigenvalue weighted by Crippen LogP contribution is 1.97. The van der Waals surface area contributed by atoms with Gasteiger partial charge in [-0.1, -0.05) is 12.6 Å². The zero-order chi connectivity index (χ0) is 7.98. The van der Waals surface area contributed by atoms with Crippen LogP contribution in [0.25, 0.3) is 0 Å². The second kappa shape index (κ2) is 5.00. The summed E-state index contributed by atoms with van der Waals surface area (Å²) in [6.45, 7) is 1.03. The molecule has 3 nitrogen and oxygen atoms in total. The van der Waals surface area contributed by atoms with E-state index in [0.29, 0.717) is 0 Å².